The fraction of sp³-hybridized carbons (Fsp3) is 0.222. The minimum atomic E-state index is 0.267. The van der Waals surface area contributed by atoms with E-state index in [1.165, 1.54) is 0 Å². The third-order valence-electron chi connectivity index (χ3n) is 1.40. The highest BCUT2D eigenvalue weighted by atomic mass is 32.2. The maximum atomic E-state index is 9.41. The summed E-state index contributed by atoms with van der Waals surface area (Å²) in [5.74, 6) is 1.20. The molecule has 1 N–H and O–H groups in total. The summed E-state index contributed by atoms with van der Waals surface area (Å²) in [5.41, 5.74) is 0.763. The Morgan fingerprint density at radius 2 is 2.17 bits per heavy atom. The standard InChI is InChI=1S/C9H10OS2/c1-2-12-9(11)7-5-3-4-6-8(7)10/h3-6,10H,2H2,1H3. The summed E-state index contributed by atoms with van der Waals surface area (Å²) >= 11 is 6.68. The van der Waals surface area contributed by atoms with Gasteiger partial charge in [-0.15, -0.1) is 11.8 Å². The molecular formula is C9H10OS2. The van der Waals surface area contributed by atoms with Crippen LogP contribution >= 0.6 is 24.0 Å². The number of rotatable bonds is 2. The molecule has 0 aliphatic heterocycles. The molecule has 0 spiro atoms. The van der Waals surface area contributed by atoms with Gasteiger partial charge in [-0.3, -0.25) is 0 Å². The van der Waals surface area contributed by atoms with Crippen molar-refractivity contribution < 1.29 is 5.11 Å². The molecule has 0 atom stereocenters. The van der Waals surface area contributed by atoms with E-state index >= 15 is 0 Å². The van der Waals surface area contributed by atoms with Crippen LogP contribution in [0.2, 0.25) is 0 Å². The van der Waals surface area contributed by atoms with Crippen molar-refractivity contribution in [3.05, 3.63) is 29.8 Å². The molecule has 1 nitrogen and oxygen atoms in total. The summed E-state index contributed by atoms with van der Waals surface area (Å²) in [6, 6.07) is 7.15. The summed E-state index contributed by atoms with van der Waals surface area (Å²) in [6.45, 7) is 2.04. The predicted molar refractivity (Wildman–Crippen MR) is 57.9 cm³/mol. The van der Waals surface area contributed by atoms with Crippen LogP contribution < -0.4 is 0 Å². The first kappa shape index (κ1) is 9.55. The monoisotopic (exact) mass is 198 g/mol. The number of hydrogen-bond donors (Lipinski definition) is 1. The van der Waals surface area contributed by atoms with E-state index in [2.05, 4.69) is 0 Å². The van der Waals surface area contributed by atoms with Gasteiger partial charge < -0.3 is 5.11 Å². The van der Waals surface area contributed by atoms with E-state index in [9.17, 15) is 5.11 Å². The molecule has 1 aromatic rings. The zero-order chi connectivity index (χ0) is 8.97. The number of thioether (sulfide) groups is 1. The molecule has 0 heterocycles. The third kappa shape index (κ3) is 2.22. The van der Waals surface area contributed by atoms with Crippen molar-refractivity contribution in [2.45, 2.75) is 6.92 Å². The molecule has 0 radical (unpaired) electrons. The van der Waals surface area contributed by atoms with Crippen molar-refractivity contribution >= 4 is 28.2 Å². The van der Waals surface area contributed by atoms with Crippen molar-refractivity contribution in [3.8, 4) is 5.75 Å². The molecule has 64 valence electrons. The van der Waals surface area contributed by atoms with Crippen LogP contribution in [0.3, 0.4) is 0 Å². The molecule has 0 aliphatic carbocycles. The Morgan fingerprint density at radius 3 is 2.75 bits per heavy atom. The Balaban J connectivity index is 2.87. The first-order valence-electron chi connectivity index (χ1n) is 3.70. The second kappa shape index (κ2) is 4.48. The van der Waals surface area contributed by atoms with Gasteiger partial charge in [-0.25, -0.2) is 0 Å². The lowest BCUT2D eigenvalue weighted by Crippen LogP contribution is -1.91. The summed E-state index contributed by atoms with van der Waals surface area (Å²) in [6.07, 6.45) is 0. The normalized spacial score (nSPS) is 9.75. The highest BCUT2D eigenvalue weighted by Gasteiger charge is 2.04. The lowest BCUT2D eigenvalue weighted by molar-refractivity contribution is 0.474. The van der Waals surface area contributed by atoms with Crippen LogP contribution in [-0.2, 0) is 0 Å². The van der Waals surface area contributed by atoms with Crippen LogP contribution in [0.4, 0.5) is 0 Å². The average molecular weight is 198 g/mol. The van der Waals surface area contributed by atoms with Crippen LogP contribution in [0.1, 0.15) is 12.5 Å². The van der Waals surface area contributed by atoms with E-state index in [4.69, 9.17) is 12.2 Å². The summed E-state index contributed by atoms with van der Waals surface area (Å²) in [4.78, 5) is 0. The first-order chi connectivity index (χ1) is 5.75. The molecule has 0 saturated carbocycles. The Morgan fingerprint density at radius 1 is 1.50 bits per heavy atom. The van der Waals surface area contributed by atoms with Gasteiger partial charge in [0, 0.05) is 5.56 Å². The molecule has 0 aliphatic rings. The number of para-hydroxylation sites is 1. The van der Waals surface area contributed by atoms with E-state index in [0.29, 0.717) is 0 Å². The van der Waals surface area contributed by atoms with E-state index in [1.807, 2.05) is 19.1 Å². The zero-order valence-electron chi connectivity index (χ0n) is 6.78. The highest BCUT2D eigenvalue weighted by Crippen LogP contribution is 2.22. The molecule has 0 saturated heterocycles. The highest BCUT2D eigenvalue weighted by molar-refractivity contribution is 8.23. The number of hydrogen-bond acceptors (Lipinski definition) is 3. The van der Waals surface area contributed by atoms with Gasteiger partial charge in [0.25, 0.3) is 0 Å². The molecule has 1 rings (SSSR count). The fourth-order valence-corrected chi connectivity index (χ4v) is 1.97. The molecule has 0 amide bonds. The van der Waals surface area contributed by atoms with Crippen molar-refractivity contribution in [2.24, 2.45) is 0 Å². The minimum absolute atomic E-state index is 0.267. The second-order valence-electron chi connectivity index (χ2n) is 2.24. The van der Waals surface area contributed by atoms with E-state index in [-0.39, 0.29) is 5.75 Å². The van der Waals surface area contributed by atoms with Gasteiger partial charge in [0.1, 0.15) is 5.75 Å². The van der Waals surface area contributed by atoms with Crippen LogP contribution in [0.15, 0.2) is 24.3 Å². The number of thiocarbonyl (C=S) groups is 1. The molecule has 3 heteroatoms. The maximum absolute atomic E-state index is 9.41. The van der Waals surface area contributed by atoms with Crippen LogP contribution in [0.5, 0.6) is 5.75 Å². The molecule has 12 heavy (non-hydrogen) atoms. The summed E-state index contributed by atoms with van der Waals surface area (Å²) in [7, 11) is 0. The summed E-state index contributed by atoms with van der Waals surface area (Å²) < 4.78 is 0.760. The van der Waals surface area contributed by atoms with E-state index in [0.717, 1.165) is 15.5 Å². The Labute approximate surface area is 81.8 Å². The van der Waals surface area contributed by atoms with Crippen LogP contribution in [0.25, 0.3) is 0 Å². The largest absolute Gasteiger partial charge is 0.507 e. The van der Waals surface area contributed by atoms with Gasteiger partial charge in [-0.2, -0.15) is 0 Å². The molecule has 0 fully saturated rings. The maximum Gasteiger partial charge on any atom is 0.124 e. The quantitative estimate of drug-likeness (QED) is 0.738. The Bertz CT molecular complexity index is 284. The van der Waals surface area contributed by atoms with E-state index < -0.39 is 0 Å². The van der Waals surface area contributed by atoms with Gasteiger partial charge in [0.2, 0.25) is 0 Å². The zero-order valence-corrected chi connectivity index (χ0v) is 8.41. The number of phenolic OH excluding ortho intramolecular Hbond substituents is 1. The Kier molecular flexibility index (Phi) is 3.56. The molecular weight excluding hydrogens is 188 g/mol. The topological polar surface area (TPSA) is 20.2 Å². The lowest BCUT2D eigenvalue weighted by Gasteiger charge is -2.03. The Hall–Kier alpha value is -0.540. The van der Waals surface area contributed by atoms with Gasteiger partial charge in [0.15, 0.2) is 0 Å². The predicted octanol–water partition coefficient (Wildman–Crippen LogP) is 2.82. The summed E-state index contributed by atoms with van der Waals surface area (Å²) in [5, 5.41) is 9.41. The second-order valence-corrected chi connectivity index (χ2v) is 4.18. The van der Waals surface area contributed by atoms with Crippen molar-refractivity contribution in [2.75, 3.05) is 5.75 Å². The molecule has 0 unspecified atom stereocenters. The van der Waals surface area contributed by atoms with Crippen molar-refractivity contribution in [3.63, 3.8) is 0 Å². The minimum Gasteiger partial charge on any atom is -0.507 e. The van der Waals surface area contributed by atoms with Gasteiger partial charge in [-0.05, 0) is 17.9 Å². The molecule has 0 aromatic heterocycles. The lowest BCUT2D eigenvalue weighted by atomic mass is 10.2. The molecule has 0 bridgehead atoms. The number of phenols is 1. The smallest absolute Gasteiger partial charge is 0.124 e. The van der Waals surface area contributed by atoms with Gasteiger partial charge in [0.05, 0.1) is 4.20 Å². The number of aromatic hydroxyl groups is 1. The molecule has 1 aromatic carbocycles. The van der Waals surface area contributed by atoms with Gasteiger partial charge in [-0.1, -0.05) is 31.3 Å². The fourth-order valence-electron chi connectivity index (χ4n) is 0.855. The first-order valence-corrected chi connectivity index (χ1v) is 5.10. The van der Waals surface area contributed by atoms with Crippen LogP contribution in [0, 0.1) is 0 Å². The van der Waals surface area contributed by atoms with Crippen molar-refractivity contribution in [1.82, 2.24) is 0 Å². The van der Waals surface area contributed by atoms with Crippen LogP contribution in [-0.4, -0.2) is 15.1 Å². The number of benzene rings is 1. The SMILES string of the molecule is CCSC(=S)c1ccccc1O. The third-order valence-corrected chi connectivity index (χ3v) is 2.74. The average Bonchev–Trinajstić information content (AvgIpc) is 2.05. The van der Waals surface area contributed by atoms with E-state index in [1.54, 1.807) is 23.9 Å². The van der Waals surface area contributed by atoms with Crippen molar-refractivity contribution in [1.29, 1.82) is 0 Å². The van der Waals surface area contributed by atoms with Gasteiger partial charge >= 0.3 is 0 Å².